The molecule has 4 aromatic rings. The van der Waals surface area contributed by atoms with Crippen LogP contribution in [0.1, 0.15) is 71.0 Å². The van der Waals surface area contributed by atoms with Gasteiger partial charge in [-0.3, -0.25) is 4.79 Å². The van der Waals surface area contributed by atoms with Crippen LogP contribution in [0, 0.1) is 5.82 Å². The molecule has 2 aromatic heterocycles. The SMILES string of the molecule is CC(C)(O)c1ncc(-c2c(F)cc3nc4n(c3c2C(F)(F)F)[C@@H]2C[C@H]4NC(=O)c3c(C(F)(F)F)ccc(OC(F)F)c32)cn1. The molecule has 0 saturated carbocycles. The number of nitrogens with zero attached hydrogens (tertiary/aromatic N) is 4. The molecule has 0 aliphatic carbocycles. The molecule has 6 rings (SSSR count). The zero-order valence-electron chi connectivity index (χ0n) is 22.3. The Morgan fingerprint density at radius 3 is 2.27 bits per heavy atom. The monoisotopic (exact) mass is 631 g/mol. The summed E-state index contributed by atoms with van der Waals surface area (Å²) in [7, 11) is 0. The van der Waals surface area contributed by atoms with E-state index in [2.05, 4.69) is 25.0 Å². The van der Waals surface area contributed by atoms with Crippen molar-refractivity contribution in [1.29, 1.82) is 0 Å². The molecular weight excluding hydrogens is 613 g/mol. The maximum atomic E-state index is 15.5. The minimum Gasteiger partial charge on any atom is -0.434 e. The number of carbonyl (C=O) groups excluding carboxylic acids is 1. The van der Waals surface area contributed by atoms with Crippen LogP contribution in [0.3, 0.4) is 0 Å². The Morgan fingerprint density at radius 2 is 1.70 bits per heavy atom. The Morgan fingerprint density at radius 1 is 1.05 bits per heavy atom. The Balaban J connectivity index is 1.69. The number of aromatic nitrogens is 4. The lowest BCUT2D eigenvalue weighted by Crippen LogP contribution is -2.30. The lowest BCUT2D eigenvalue weighted by atomic mass is 9.92. The van der Waals surface area contributed by atoms with Gasteiger partial charge in [0, 0.05) is 35.2 Å². The van der Waals surface area contributed by atoms with Crippen molar-refractivity contribution in [3.63, 3.8) is 0 Å². The molecule has 0 saturated heterocycles. The number of aliphatic hydroxyl groups is 1. The van der Waals surface area contributed by atoms with Crippen LogP contribution in [0.2, 0.25) is 0 Å². The van der Waals surface area contributed by atoms with Crippen molar-refractivity contribution >= 4 is 16.9 Å². The quantitative estimate of drug-likeness (QED) is 0.258. The molecule has 44 heavy (non-hydrogen) atoms. The van der Waals surface area contributed by atoms with E-state index in [1.54, 1.807) is 0 Å². The van der Waals surface area contributed by atoms with Crippen LogP contribution in [-0.4, -0.2) is 37.1 Å². The summed E-state index contributed by atoms with van der Waals surface area (Å²) in [6.07, 6.45) is -9.10. The number of rotatable bonds is 4. The molecule has 0 radical (unpaired) electrons. The number of nitrogens with one attached hydrogen (secondary N) is 1. The highest BCUT2D eigenvalue weighted by molar-refractivity contribution is 6.00. The average Bonchev–Trinajstić information content (AvgIpc) is 3.37. The number of halogens is 9. The van der Waals surface area contributed by atoms with E-state index in [-0.39, 0.29) is 18.1 Å². The predicted octanol–water partition coefficient (Wildman–Crippen LogP) is 6.28. The van der Waals surface area contributed by atoms with Crippen molar-refractivity contribution in [3.8, 4) is 16.9 Å². The van der Waals surface area contributed by atoms with Gasteiger partial charge < -0.3 is 19.7 Å². The van der Waals surface area contributed by atoms with Crippen molar-refractivity contribution in [2.45, 2.75) is 56.9 Å². The van der Waals surface area contributed by atoms with Crippen LogP contribution in [0.4, 0.5) is 39.5 Å². The Labute approximate surface area is 240 Å². The summed E-state index contributed by atoms with van der Waals surface area (Å²) in [5.74, 6) is -4.02. The Bertz CT molecular complexity index is 1830. The Kier molecular flexibility index (Phi) is 6.43. The van der Waals surface area contributed by atoms with Crippen LogP contribution < -0.4 is 10.1 Å². The van der Waals surface area contributed by atoms with Gasteiger partial charge in [0.05, 0.1) is 39.8 Å². The van der Waals surface area contributed by atoms with Gasteiger partial charge in [0.1, 0.15) is 23.0 Å². The van der Waals surface area contributed by atoms with E-state index in [1.807, 2.05) is 0 Å². The molecule has 2 aliphatic rings. The van der Waals surface area contributed by atoms with E-state index in [0.29, 0.717) is 18.2 Å². The van der Waals surface area contributed by atoms with Crippen molar-refractivity contribution in [2.75, 3.05) is 0 Å². The molecule has 0 unspecified atom stereocenters. The number of imidazole rings is 1. The van der Waals surface area contributed by atoms with Crippen LogP contribution in [0.25, 0.3) is 22.2 Å². The highest BCUT2D eigenvalue weighted by Crippen LogP contribution is 2.52. The molecule has 8 nitrogen and oxygen atoms in total. The summed E-state index contributed by atoms with van der Waals surface area (Å²) in [4.78, 5) is 24.9. The van der Waals surface area contributed by atoms with Gasteiger partial charge in [-0.05, 0) is 32.4 Å². The first-order valence-electron chi connectivity index (χ1n) is 12.7. The van der Waals surface area contributed by atoms with Gasteiger partial charge in [-0.15, -0.1) is 0 Å². The maximum absolute atomic E-state index is 15.5. The number of hydrogen-bond donors (Lipinski definition) is 2. The first-order chi connectivity index (χ1) is 20.4. The molecule has 17 heteroatoms. The van der Waals surface area contributed by atoms with Gasteiger partial charge >= 0.3 is 19.0 Å². The summed E-state index contributed by atoms with van der Waals surface area (Å²) in [5.41, 5.74) is -9.31. The topological polar surface area (TPSA) is 102 Å². The molecule has 2 aromatic carbocycles. The van der Waals surface area contributed by atoms with E-state index in [9.17, 15) is 45.0 Å². The molecule has 0 fully saturated rings. The molecule has 1 amide bonds. The predicted molar refractivity (Wildman–Crippen MR) is 132 cm³/mol. The first-order valence-corrected chi connectivity index (χ1v) is 12.7. The van der Waals surface area contributed by atoms with Gasteiger partial charge in [-0.1, -0.05) is 0 Å². The minimum absolute atomic E-state index is 0.175. The van der Waals surface area contributed by atoms with Crippen molar-refractivity contribution in [2.24, 2.45) is 0 Å². The standard InChI is InChI=1S/C27H18F9N5O3/c1-25(2,43)23-37-7-9(8-38-23)16-11(28)5-12-20(19(16)27(34,35)36)41-14-6-13(21(41)39-12)40-22(42)17-10(26(31,32)33)3-4-15(18(14)17)44-24(29)30/h3-5,7-8,13-14,24,43H,6H2,1-2H3,(H,40,42)/t13-,14-/m1/s1. The number of benzene rings is 2. The second-order valence-electron chi connectivity index (χ2n) is 10.7. The largest absolute Gasteiger partial charge is 0.434 e. The van der Waals surface area contributed by atoms with Crippen LogP contribution >= 0.6 is 0 Å². The number of amides is 1. The highest BCUT2D eigenvalue weighted by Gasteiger charge is 2.49. The van der Waals surface area contributed by atoms with Crippen LogP contribution in [0.15, 0.2) is 30.6 Å². The van der Waals surface area contributed by atoms with E-state index in [1.165, 1.54) is 13.8 Å². The summed E-state index contributed by atoms with van der Waals surface area (Å²) in [6, 6.07) is -1.26. The zero-order chi connectivity index (χ0) is 32.1. The summed E-state index contributed by atoms with van der Waals surface area (Å²) >= 11 is 0. The minimum atomic E-state index is -5.31. The number of ether oxygens (including phenoxy) is 1. The smallest absolute Gasteiger partial charge is 0.419 e. The van der Waals surface area contributed by atoms with Gasteiger partial charge in [-0.2, -0.15) is 35.1 Å². The van der Waals surface area contributed by atoms with Gasteiger partial charge in [0.25, 0.3) is 5.91 Å². The van der Waals surface area contributed by atoms with Crippen molar-refractivity contribution in [1.82, 2.24) is 24.8 Å². The third-order valence-corrected chi connectivity index (χ3v) is 7.40. The molecule has 232 valence electrons. The molecule has 0 spiro atoms. The zero-order valence-corrected chi connectivity index (χ0v) is 22.3. The Hall–Kier alpha value is -4.41. The van der Waals surface area contributed by atoms with Crippen LogP contribution in [0.5, 0.6) is 5.75 Å². The molecule has 2 N–H and O–H groups in total. The number of hydrogen-bond acceptors (Lipinski definition) is 6. The van der Waals surface area contributed by atoms with Gasteiger partial charge in [0.15, 0.2) is 5.82 Å². The second kappa shape index (κ2) is 9.54. The molecule has 4 heterocycles. The summed E-state index contributed by atoms with van der Waals surface area (Å²) in [5, 5.41) is 12.4. The van der Waals surface area contributed by atoms with E-state index in [0.717, 1.165) is 17.0 Å². The van der Waals surface area contributed by atoms with E-state index in [4.69, 9.17) is 0 Å². The third-order valence-electron chi connectivity index (χ3n) is 7.40. The number of carbonyl (C=O) groups is 1. The normalized spacial score (nSPS) is 18.3. The second-order valence-corrected chi connectivity index (χ2v) is 10.7. The third kappa shape index (κ3) is 4.60. The van der Waals surface area contributed by atoms with Crippen molar-refractivity contribution in [3.05, 3.63) is 70.3 Å². The summed E-state index contributed by atoms with van der Waals surface area (Å²) < 4.78 is 134. The van der Waals surface area contributed by atoms with Gasteiger partial charge in [-0.25, -0.2) is 19.3 Å². The van der Waals surface area contributed by atoms with Gasteiger partial charge in [0.2, 0.25) is 0 Å². The van der Waals surface area contributed by atoms with E-state index >= 15 is 4.39 Å². The highest BCUT2D eigenvalue weighted by atomic mass is 19.4. The van der Waals surface area contributed by atoms with Crippen LogP contribution in [-0.2, 0) is 18.0 Å². The molecule has 2 bridgehead atoms. The fraction of sp³-hybridized carbons (Fsp3) is 0.333. The lowest BCUT2D eigenvalue weighted by molar-refractivity contribution is -0.138. The molecule has 2 atom stereocenters. The fourth-order valence-corrected chi connectivity index (χ4v) is 5.79. The fourth-order valence-electron chi connectivity index (χ4n) is 5.79. The van der Waals surface area contributed by atoms with Crippen molar-refractivity contribution < 1.29 is 54.2 Å². The first kappa shape index (κ1) is 29.7. The lowest BCUT2D eigenvalue weighted by Gasteiger charge is -2.25. The summed E-state index contributed by atoms with van der Waals surface area (Å²) in [6.45, 7) is -0.922. The molecular formula is C27H18F9N5O3. The molecule has 2 aliphatic heterocycles. The van der Waals surface area contributed by atoms with E-state index < -0.39 is 98.5 Å². The maximum Gasteiger partial charge on any atom is 0.419 e. The number of alkyl halides is 8. The number of fused-ring (bicyclic) bond motifs is 9. The average molecular weight is 631 g/mol.